The van der Waals surface area contributed by atoms with E-state index in [1.165, 1.54) is 0 Å². The maximum Gasteiger partial charge on any atom is 0.240 e. The van der Waals surface area contributed by atoms with Crippen LogP contribution in [0.5, 0.6) is 0 Å². The van der Waals surface area contributed by atoms with Crippen LogP contribution in [0.2, 0.25) is 10.0 Å². The fourth-order valence-corrected chi connectivity index (χ4v) is 2.82. The molecule has 1 aromatic carbocycles. The summed E-state index contributed by atoms with van der Waals surface area (Å²) in [7, 11) is 0. The van der Waals surface area contributed by atoms with E-state index in [0.717, 1.165) is 22.6 Å². The highest BCUT2D eigenvalue weighted by Gasteiger charge is 2.11. The van der Waals surface area contributed by atoms with Gasteiger partial charge >= 0.3 is 0 Å². The second-order valence-corrected chi connectivity index (χ2v) is 6.97. The number of benzene rings is 1. The number of amides is 1. The van der Waals surface area contributed by atoms with Crippen LogP contribution in [-0.4, -0.2) is 16.7 Å². The van der Waals surface area contributed by atoms with E-state index in [9.17, 15) is 4.79 Å². The third-order valence-electron chi connectivity index (χ3n) is 3.62. The van der Waals surface area contributed by atoms with Gasteiger partial charge in [-0.3, -0.25) is 4.79 Å². The maximum absolute atomic E-state index is 11.6. The van der Waals surface area contributed by atoms with Crippen LogP contribution < -0.4 is 5.43 Å². The van der Waals surface area contributed by atoms with E-state index in [2.05, 4.69) is 15.1 Å². The Bertz CT molecular complexity index is 779. The second-order valence-electron chi connectivity index (χ2n) is 6.15. The van der Waals surface area contributed by atoms with Crippen molar-refractivity contribution in [1.82, 2.24) is 9.99 Å². The molecule has 24 heavy (non-hydrogen) atoms. The number of hydrogen-bond donors (Lipinski definition) is 1. The number of carbonyl (C=O) groups excluding carboxylic acids is 1. The Morgan fingerprint density at radius 2 is 1.96 bits per heavy atom. The first-order chi connectivity index (χ1) is 11.3. The van der Waals surface area contributed by atoms with Gasteiger partial charge in [0, 0.05) is 29.1 Å². The van der Waals surface area contributed by atoms with Gasteiger partial charge in [0.1, 0.15) is 0 Å². The first kappa shape index (κ1) is 18.6. The summed E-state index contributed by atoms with van der Waals surface area (Å²) in [5.41, 5.74) is 6.47. The van der Waals surface area contributed by atoms with Crippen molar-refractivity contribution in [3.63, 3.8) is 0 Å². The molecule has 2 aromatic rings. The van der Waals surface area contributed by atoms with Gasteiger partial charge in [-0.05, 0) is 44.0 Å². The number of aryl methyl sites for hydroxylation is 1. The normalized spacial score (nSPS) is 11.5. The molecule has 0 aliphatic carbocycles. The van der Waals surface area contributed by atoms with Gasteiger partial charge in [0.2, 0.25) is 5.91 Å². The smallest absolute Gasteiger partial charge is 0.240 e. The van der Waals surface area contributed by atoms with Gasteiger partial charge in [0.25, 0.3) is 0 Å². The lowest BCUT2D eigenvalue weighted by molar-refractivity contribution is -0.121. The Kier molecular flexibility index (Phi) is 6.08. The lowest BCUT2D eigenvalue weighted by Gasteiger charge is -2.10. The molecule has 4 nitrogen and oxygen atoms in total. The van der Waals surface area contributed by atoms with Crippen molar-refractivity contribution in [1.29, 1.82) is 0 Å². The number of hydrogen-bond acceptors (Lipinski definition) is 2. The number of rotatable bonds is 5. The zero-order valence-corrected chi connectivity index (χ0v) is 15.7. The molecule has 6 heteroatoms. The quantitative estimate of drug-likeness (QED) is 0.594. The van der Waals surface area contributed by atoms with Crippen LogP contribution in [0.1, 0.15) is 37.2 Å². The van der Waals surface area contributed by atoms with Gasteiger partial charge in [-0.1, -0.05) is 37.0 Å². The minimum Gasteiger partial charge on any atom is -0.318 e. The summed E-state index contributed by atoms with van der Waals surface area (Å²) >= 11 is 12.1. The summed E-state index contributed by atoms with van der Waals surface area (Å²) in [6, 6.07) is 7.53. The molecule has 2 rings (SSSR count). The SMILES string of the molecule is Cc1cc(/C=N\NC(=O)CC(C)C)c(C)n1-c1ccc(Cl)c(Cl)c1. The third kappa shape index (κ3) is 4.40. The topological polar surface area (TPSA) is 46.4 Å². The summed E-state index contributed by atoms with van der Waals surface area (Å²) in [5.74, 6) is 0.222. The van der Waals surface area contributed by atoms with Gasteiger partial charge in [0.05, 0.1) is 16.3 Å². The van der Waals surface area contributed by atoms with Crippen LogP contribution in [0.3, 0.4) is 0 Å². The minimum atomic E-state index is -0.0838. The molecule has 0 unspecified atom stereocenters. The zero-order valence-electron chi connectivity index (χ0n) is 14.2. The van der Waals surface area contributed by atoms with Crippen molar-refractivity contribution in [2.45, 2.75) is 34.1 Å². The molecule has 128 valence electrons. The molecule has 0 spiro atoms. The van der Waals surface area contributed by atoms with E-state index < -0.39 is 0 Å². The number of aromatic nitrogens is 1. The molecule has 1 amide bonds. The molecule has 0 aliphatic heterocycles. The fraction of sp³-hybridized carbons (Fsp3) is 0.333. The third-order valence-corrected chi connectivity index (χ3v) is 4.36. The Balaban J connectivity index is 2.22. The fourth-order valence-electron chi connectivity index (χ4n) is 2.53. The van der Waals surface area contributed by atoms with Gasteiger partial charge < -0.3 is 4.57 Å². The van der Waals surface area contributed by atoms with Crippen LogP contribution in [0.25, 0.3) is 5.69 Å². The second kappa shape index (κ2) is 7.86. The average molecular weight is 366 g/mol. The Morgan fingerprint density at radius 1 is 1.25 bits per heavy atom. The van der Waals surface area contributed by atoms with Crippen molar-refractivity contribution in [3.8, 4) is 5.69 Å². The van der Waals surface area contributed by atoms with Crippen LogP contribution >= 0.6 is 23.2 Å². The van der Waals surface area contributed by atoms with E-state index in [1.54, 1.807) is 12.3 Å². The number of hydrazone groups is 1. The van der Waals surface area contributed by atoms with Crippen LogP contribution in [0.15, 0.2) is 29.4 Å². The number of halogens is 2. The van der Waals surface area contributed by atoms with Gasteiger partial charge in [-0.25, -0.2) is 5.43 Å². The molecule has 0 saturated heterocycles. The average Bonchev–Trinajstić information content (AvgIpc) is 2.76. The van der Waals surface area contributed by atoms with Crippen molar-refractivity contribution < 1.29 is 4.79 Å². The van der Waals surface area contributed by atoms with E-state index in [-0.39, 0.29) is 5.91 Å². The lowest BCUT2D eigenvalue weighted by Crippen LogP contribution is -2.19. The van der Waals surface area contributed by atoms with Gasteiger partial charge in [0.15, 0.2) is 0 Å². The van der Waals surface area contributed by atoms with E-state index in [0.29, 0.717) is 22.4 Å². The number of carbonyl (C=O) groups is 1. The summed E-state index contributed by atoms with van der Waals surface area (Å²) in [4.78, 5) is 11.6. The highest BCUT2D eigenvalue weighted by Crippen LogP contribution is 2.27. The monoisotopic (exact) mass is 365 g/mol. The molecule has 0 fully saturated rings. The molecular formula is C18H21Cl2N3O. The number of nitrogens with zero attached hydrogens (tertiary/aromatic N) is 2. The van der Waals surface area contributed by atoms with E-state index >= 15 is 0 Å². The first-order valence-corrected chi connectivity index (χ1v) is 8.51. The van der Waals surface area contributed by atoms with Crippen molar-refractivity contribution in [2.75, 3.05) is 0 Å². The molecule has 1 N–H and O–H groups in total. The summed E-state index contributed by atoms with van der Waals surface area (Å²) in [6.07, 6.45) is 2.12. The van der Waals surface area contributed by atoms with E-state index in [4.69, 9.17) is 23.2 Å². The Morgan fingerprint density at radius 3 is 2.58 bits per heavy atom. The van der Waals surface area contributed by atoms with Crippen molar-refractivity contribution in [3.05, 3.63) is 51.3 Å². The molecule has 0 atom stereocenters. The standard InChI is InChI=1S/C18H21Cl2N3O/c1-11(2)7-18(24)22-21-10-14-8-12(3)23(13(14)4)15-5-6-16(19)17(20)9-15/h5-6,8-11H,7H2,1-4H3,(H,22,24)/b21-10-. The predicted molar refractivity (Wildman–Crippen MR) is 100 cm³/mol. The molecule has 0 bridgehead atoms. The minimum absolute atomic E-state index is 0.0838. The summed E-state index contributed by atoms with van der Waals surface area (Å²) < 4.78 is 2.07. The molecule has 1 aromatic heterocycles. The Hall–Kier alpha value is -1.78. The molecule has 1 heterocycles. The predicted octanol–water partition coefficient (Wildman–Crippen LogP) is 4.90. The summed E-state index contributed by atoms with van der Waals surface area (Å²) in [5, 5.41) is 5.09. The van der Waals surface area contributed by atoms with Gasteiger partial charge in [-0.15, -0.1) is 0 Å². The highest BCUT2D eigenvalue weighted by molar-refractivity contribution is 6.42. The maximum atomic E-state index is 11.6. The largest absolute Gasteiger partial charge is 0.318 e. The van der Waals surface area contributed by atoms with Crippen LogP contribution in [0.4, 0.5) is 0 Å². The summed E-state index contributed by atoms with van der Waals surface area (Å²) in [6.45, 7) is 7.99. The van der Waals surface area contributed by atoms with E-state index in [1.807, 2.05) is 45.9 Å². The molecule has 0 saturated carbocycles. The molecule has 0 radical (unpaired) electrons. The lowest BCUT2D eigenvalue weighted by atomic mass is 10.1. The first-order valence-electron chi connectivity index (χ1n) is 7.76. The van der Waals surface area contributed by atoms with Crippen LogP contribution in [0, 0.1) is 19.8 Å². The van der Waals surface area contributed by atoms with Crippen molar-refractivity contribution in [2.24, 2.45) is 11.0 Å². The Labute approximate surface area is 152 Å². The van der Waals surface area contributed by atoms with Crippen molar-refractivity contribution >= 4 is 35.3 Å². The molecular weight excluding hydrogens is 345 g/mol. The van der Waals surface area contributed by atoms with Gasteiger partial charge in [-0.2, -0.15) is 5.10 Å². The van der Waals surface area contributed by atoms with Crippen LogP contribution in [-0.2, 0) is 4.79 Å². The zero-order chi connectivity index (χ0) is 17.9. The number of nitrogens with one attached hydrogen (secondary N) is 1. The molecule has 0 aliphatic rings. The highest BCUT2D eigenvalue weighted by atomic mass is 35.5.